The highest BCUT2D eigenvalue weighted by Crippen LogP contribution is 2.55. The lowest BCUT2D eigenvalue weighted by Crippen LogP contribution is -2.46. The monoisotopic (exact) mass is 1410 g/mol. The van der Waals surface area contributed by atoms with Crippen molar-refractivity contribution in [1.29, 1.82) is 0 Å². The lowest BCUT2D eigenvalue weighted by atomic mass is 9.74. The number of allylic oxidation sites excluding steroid dienone is 16. The van der Waals surface area contributed by atoms with Gasteiger partial charge in [-0.2, -0.15) is 0 Å². The van der Waals surface area contributed by atoms with E-state index >= 15 is 0 Å². The van der Waals surface area contributed by atoms with E-state index in [-0.39, 0.29) is 89.9 Å². The number of alkyl halides is 16. The summed E-state index contributed by atoms with van der Waals surface area (Å²) in [7, 11) is 0. The molecular formula is C64H82Cl16. The summed E-state index contributed by atoms with van der Waals surface area (Å²) in [6, 6.07) is 0. The molecule has 0 aromatic rings. The number of hydrogen-bond donors (Lipinski definition) is 0. The minimum atomic E-state index is -1.34. The minimum Gasteiger partial charge on any atom is -0.118 e. The third-order valence-corrected chi connectivity index (χ3v) is 21.2. The zero-order chi connectivity index (χ0) is 63.0. The molecule has 0 aliphatic rings. The van der Waals surface area contributed by atoms with Crippen molar-refractivity contribution in [2.24, 2.45) is 0 Å². The van der Waals surface area contributed by atoms with E-state index in [9.17, 15) is 0 Å². The maximum Gasteiger partial charge on any atom is 0.0663 e. The van der Waals surface area contributed by atoms with Crippen molar-refractivity contribution in [1.82, 2.24) is 0 Å². The number of halogens is 16. The van der Waals surface area contributed by atoms with Crippen LogP contribution in [0.25, 0.3) is 0 Å². The quantitative estimate of drug-likeness (QED) is 0.0421. The average molecular weight is 1420 g/mol. The summed E-state index contributed by atoms with van der Waals surface area (Å²) in [6.45, 7) is 66.1. The maximum absolute atomic E-state index is 7.54. The van der Waals surface area contributed by atoms with Crippen LogP contribution in [0.3, 0.4) is 0 Å². The van der Waals surface area contributed by atoms with Crippen LogP contribution in [-0.4, -0.2) is 78.5 Å². The van der Waals surface area contributed by atoms with Crippen molar-refractivity contribution in [3.63, 3.8) is 0 Å². The number of hydrogen-bond acceptors (Lipinski definition) is 0. The van der Waals surface area contributed by atoms with Crippen molar-refractivity contribution in [2.45, 2.75) is 182 Å². The minimum absolute atomic E-state index is 0.00257. The van der Waals surface area contributed by atoms with E-state index in [1.165, 1.54) is 0 Å². The molecule has 0 rings (SSSR count). The second-order valence-electron chi connectivity index (χ2n) is 22.3. The molecule has 0 N–H and O–H groups in total. The molecule has 80 heavy (non-hydrogen) atoms. The van der Waals surface area contributed by atoms with E-state index in [1.807, 2.05) is 0 Å². The van der Waals surface area contributed by atoms with E-state index in [4.69, 9.17) is 186 Å². The summed E-state index contributed by atoms with van der Waals surface area (Å²) in [5.74, 6) is 0. The van der Waals surface area contributed by atoms with Crippen LogP contribution in [0.5, 0.6) is 0 Å². The Morgan fingerprint density at radius 1 is 0.225 bits per heavy atom. The predicted octanol–water partition coefficient (Wildman–Crippen LogP) is 25.1. The van der Waals surface area contributed by atoms with Crippen LogP contribution in [0.1, 0.15) is 103 Å². The van der Waals surface area contributed by atoms with Crippen LogP contribution < -0.4 is 0 Å². The van der Waals surface area contributed by atoms with Crippen molar-refractivity contribution >= 4 is 186 Å². The Bertz CT molecular complexity index is 2290. The highest BCUT2D eigenvalue weighted by molar-refractivity contribution is 6.36. The van der Waals surface area contributed by atoms with Gasteiger partial charge in [-0.25, -0.2) is 0 Å². The second kappa shape index (κ2) is 31.6. The van der Waals surface area contributed by atoms with Crippen molar-refractivity contribution < 1.29 is 0 Å². The van der Waals surface area contributed by atoms with E-state index < -0.39 is 78.5 Å². The fourth-order valence-electron chi connectivity index (χ4n) is 10.3. The summed E-state index contributed by atoms with van der Waals surface area (Å²) in [5, 5.41) is -0.444. The summed E-state index contributed by atoms with van der Waals surface area (Å²) < 4.78 is 0. The normalized spacial score (nSPS) is 23.6. The molecule has 0 heterocycles. The first-order chi connectivity index (χ1) is 36.3. The lowest BCUT2D eigenvalue weighted by Gasteiger charge is -2.44. The highest BCUT2D eigenvalue weighted by atomic mass is 35.5. The van der Waals surface area contributed by atoms with Gasteiger partial charge in [-0.05, 0) is 103 Å². The first-order valence-corrected chi connectivity index (χ1v) is 31.5. The Morgan fingerprint density at radius 2 is 0.350 bits per heavy atom. The third kappa shape index (κ3) is 25.3. The van der Waals surface area contributed by atoms with Crippen LogP contribution in [0.4, 0.5) is 0 Å². The van der Waals surface area contributed by atoms with Crippen LogP contribution >= 0.6 is 186 Å². The van der Waals surface area contributed by atoms with Gasteiger partial charge >= 0.3 is 0 Å². The van der Waals surface area contributed by atoms with E-state index in [1.54, 1.807) is 104 Å². The lowest BCUT2D eigenvalue weighted by molar-refractivity contribution is 0.365. The van der Waals surface area contributed by atoms with Crippen molar-refractivity contribution in [3.05, 3.63) is 202 Å². The van der Waals surface area contributed by atoms with Gasteiger partial charge < -0.3 is 0 Å². The summed E-state index contributed by atoms with van der Waals surface area (Å²) >= 11 is 117. The van der Waals surface area contributed by atoms with Crippen LogP contribution in [0, 0.1) is 0 Å². The zero-order valence-electron chi connectivity index (χ0n) is 46.3. The summed E-state index contributed by atoms with van der Waals surface area (Å²) in [6.07, 6.45) is 26.5. The predicted molar refractivity (Wildman–Crippen MR) is 376 cm³/mol. The van der Waals surface area contributed by atoms with Gasteiger partial charge in [0.2, 0.25) is 0 Å². The molecule has 0 aromatic heterocycles. The van der Waals surface area contributed by atoms with Gasteiger partial charge in [0.05, 0.1) is 78.5 Å². The van der Waals surface area contributed by atoms with Gasteiger partial charge in [-0.1, -0.05) is 97.2 Å². The Labute approximate surface area is 564 Å². The fraction of sp³-hybridized carbons (Fsp3) is 0.500. The van der Waals surface area contributed by atoms with Gasteiger partial charge in [0.1, 0.15) is 0 Å². The third-order valence-electron chi connectivity index (χ3n) is 14.6. The van der Waals surface area contributed by atoms with Gasteiger partial charge in [0, 0.05) is 0 Å². The van der Waals surface area contributed by atoms with Gasteiger partial charge in [0.15, 0.2) is 0 Å². The van der Waals surface area contributed by atoms with Crippen LogP contribution in [0.15, 0.2) is 202 Å². The Balaban J connectivity index is 6.92. The topological polar surface area (TPSA) is 0 Å². The fourth-order valence-corrected chi connectivity index (χ4v) is 18.5. The molecule has 0 spiro atoms. The van der Waals surface area contributed by atoms with Gasteiger partial charge in [-0.15, -0.1) is 291 Å². The molecule has 0 aromatic carbocycles. The first-order valence-electron chi connectivity index (χ1n) is 25.4. The molecule has 0 aliphatic carbocycles. The summed E-state index contributed by atoms with van der Waals surface area (Å²) in [4.78, 5) is -18.3. The highest BCUT2D eigenvalue weighted by Gasteiger charge is 2.53. The molecule has 0 saturated heterocycles. The molecule has 16 atom stereocenters. The first kappa shape index (κ1) is 80.5. The molecular weight excluding hydrogens is 1340 g/mol. The maximum atomic E-state index is 7.54. The van der Waals surface area contributed by atoms with Crippen LogP contribution in [0.2, 0.25) is 0 Å². The molecule has 0 radical (unpaired) electrons. The second-order valence-corrected chi connectivity index (χ2v) is 34.2. The van der Waals surface area contributed by atoms with E-state index in [2.05, 4.69) is 105 Å². The van der Waals surface area contributed by atoms with E-state index in [0.29, 0.717) is 6.42 Å². The Hall–Kier alpha value is 0.480. The largest absolute Gasteiger partial charge is 0.118 e. The molecule has 0 fully saturated rings. The zero-order valence-corrected chi connectivity index (χ0v) is 58.4. The molecule has 16 heteroatoms. The molecule has 0 aliphatic heterocycles. The van der Waals surface area contributed by atoms with E-state index in [0.717, 1.165) is 0 Å². The molecule has 0 bridgehead atoms. The smallest absolute Gasteiger partial charge is 0.0663 e. The molecule has 16 unspecified atom stereocenters. The molecule has 0 saturated carbocycles. The van der Waals surface area contributed by atoms with Gasteiger partial charge in [-0.3, -0.25) is 0 Å². The molecule has 0 amide bonds. The van der Waals surface area contributed by atoms with Crippen LogP contribution in [-0.2, 0) is 0 Å². The molecule has 450 valence electrons. The average Bonchev–Trinajstić information content (AvgIpc) is 3.37. The standard InChI is InChI=1S/C64H82Cl16/c1-18-49(65)34-51(67,20-3)36-53(69,22-5)38-55(71,24-7)40-57(73,26-9)42-59(75,28-11)44-61(77,30-13)46-63(79,32-15)48-64(80,33-16)47-62(78,31-14)45-60(76,29-12)43-58(74,27-10)41-56(72,25-8)39-54(70,23-6)37-52(68,21-4)35-50(17,66)19-2/h18-33,49H,1-16,34-48H2,17H3. The Kier molecular flexibility index (Phi) is 31.8. The van der Waals surface area contributed by atoms with Gasteiger partial charge in [0.25, 0.3) is 0 Å². The Morgan fingerprint density at radius 3 is 0.463 bits per heavy atom. The molecule has 0 nitrogen and oxygen atoms in total. The number of rotatable bonds is 46. The van der Waals surface area contributed by atoms with Crippen molar-refractivity contribution in [2.75, 3.05) is 0 Å². The SMILES string of the molecule is C=CC(Cl)CC(Cl)(C=C)CC(Cl)(C=C)CC(Cl)(C=C)CC(Cl)(C=C)CC(Cl)(C=C)CC(Cl)(C=C)CC(Cl)(C=C)CC(Cl)(C=C)CC(Cl)(C=C)CC(Cl)(C=C)CC(Cl)(C=C)CC(Cl)(C=C)CC(Cl)(C=C)CC(Cl)(C=C)CC(C)(Cl)C=C. The summed E-state index contributed by atoms with van der Waals surface area (Å²) in [5.41, 5.74) is 0. The van der Waals surface area contributed by atoms with Crippen molar-refractivity contribution in [3.8, 4) is 0 Å².